The maximum absolute atomic E-state index is 12.4. The van der Waals surface area contributed by atoms with Gasteiger partial charge in [-0.2, -0.15) is 13.2 Å². The number of halogens is 4. The van der Waals surface area contributed by atoms with E-state index in [4.69, 9.17) is 0 Å². The van der Waals surface area contributed by atoms with Gasteiger partial charge < -0.3 is 5.32 Å². The van der Waals surface area contributed by atoms with Crippen LogP contribution in [0.3, 0.4) is 0 Å². The second kappa shape index (κ2) is 5.06. The molecule has 1 nitrogen and oxygen atoms in total. The van der Waals surface area contributed by atoms with E-state index in [0.717, 1.165) is 31.1 Å². The second-order valence-electron chi connectivity index (χ2n) is 3.93. The summed E-state index contributed by atoms with van der Waals surface area (Å²) in [6, 6.07) is 5.60. The van der Waals surface area contributed by atoms with Crippen molar-refractivity contribution in [3.05, 3.63) is 35.4 Å². The van der Waals surface area contributed by atoms with Crippen LogP contribution in [0.4, 0.5) is 13.2 Å². The first-order valence-corrected chi connectivity index (χ1v) is 4.92. The molecular formula is C11H13ClF3N. The molecular weight excluding hydrogens is 239 g/mol. The van der Waals surface area contributed by atoms with Crippen LogP contribution in [-0.2, 0) is 12.6 Å². The van der Waals surface area contributed by atoms with E-state index in [1.807, 2.05) is 0 Å². The normalized spacial score (nSPS) is 16.4. The molecule has 0 saturated carbocycles. The van der Waals surface area contributed by atoms with E-state index in [0.29, 0.717) is 5.92 Å². The fourth-order valence-corrected chi connectivity index (χ4v) is 1.70. The minimum atomic E-state index is -4.23. The monoisotopic (exact) mass is 251 g/mol. The van der Waals surface area contributed by atoms with Crippen molar-refractivity contribution in [3.8, 4) is 0 Å². The van der Waals surface area contributed by atoms with Crippen molar-refractivity contribution < 1.29 is 13.2 Å². The lowest BCUT2D eigenvalue weighted by atomic mass is 9.93. The second-order valence-corrected chi connectivity index (χ2v) is 3.93. The summed E-state index contributed by atoms with van der Waals surface area (Å²) in [6.07, 6.45) is -3.50. The van der Waals surface area contributed by atoms with Gasteiger partial charge in [0, 0.05) is 0 Å². The molecule has 0 radical (unpaired) electrons. The standard InChI is InChI=1S/C11H12F3N.ClH/c12-11(13,14)10-3-1-2-8(5-10)4-9-6-15-7-9;/h1-3,5,9,15H,4,6-7H2;1H. The molecule has 2 rings (SSSR count). The quantitative estimate of drug-likeness (QED) is 0.852. The van der Waals surface area contributed by atoms with Crippen LogP contribution in [-0.4, -0.2) is 13.1 Å². The number of nitrogens with one attached hydrogen (secondary N) is 1. The smallest absolute Gasteiger partial charge is 0.316 e. The Bertz CT molecular complexity index is 347. The summed E-state index contributed by atoms with van der Waals surface area (Å²) in [7, 11) is 0. The summed E-state index contributed by atoms with van der Waals surface area (Å²) in [5.41, 5.74) is 0.226. The molecule has 0 spiro atoms. The SMILES string of the molecule is Cl.FC(F)(F)c1cccc(CC2CNC2)c1. The lowest BCUT2D eigenvalue weighted by Gasteiger charge is -2.27. The van der Waals surface area contributed by atoms with E-state index in [2.05, 4.69) is 5.32 Å². The summed E-state index contributed by atoms with van der Waals surface area (Å²) in [5.74, 6) is 0.494. The first kappa shape index (κ1) is 13.3. The van der Waals surface area contributed by atoms with Crippen molar-refractivity contribution in [1.29, 1.82) is 0 Å². The van der Waals surface area contributed by atoms with Crippen molar-refractivity contribution in [3.63, 3.8) is 0 Å². The molecule has 0 atom stereocenters. The highest BCUT2D eigenvalue weighted by Gasteiger charge is 2.30. The van der Waals surface area contributed by atoms with E-state index < -0.39 is 11.7 Å². The van der Waals surface area contributed by atoms with Crippen LogP contribution in [0.1, 0.15) is 11.1 Å². The Morgan fingerprint density at radius 1 is 1.25 bits per heavy atom. The molecule has 0 aromatic heterocycles. The van der Waals surface area contributed by atoms with E-state index >= 15 is 0 Å². The topological polar surface area (TPSA) is 12.0 Å². The van der Waals surface area contributed by atoms with Crippen molar-refractivity contribution in [1.82, 2.24) is 5.32 Å². The summed E-state index contributed by atoms with van der Waals surface area (Å²) in [6.45, 7) is 1.83. The fraction of sp³-hybridized carbons (Fsp3) is 0.455. The van der Waals surface area contributed by atoms with Crippen LogP contribution in [0.2, 0.25) is 0 Å². The molecule has 1 saturated heterocycles. The maximum atomic E-state index is 12.4. The molecule has 0 unspecified atom stereocenters. The molecule has 1 aliphatic rings. The van der Waals surface area contributed by atoms with E-state index in [-0.39, 0.29) is 12.4 Å². The van der Waals surface area contributed by atoms with Gasteiger partial charge in [0.15, 0.2) is 0 Å². The highest BCUT2D eigenvalue weighted by molar-refractivity contribution is 5.85. The Kier molecular flexibility index (Phi) is 4.21. The minimum Gasteiger partial charge on any atom is -0.316 e. The van der Waals surface area contributed by atoms with E-state index in [1.165, 1.54) is 12.1 Å². The van der Waals surface area contributed by atoms with Gasteiger partial charge in [-0.1, -0.05) is 18.2 Å². The van der Waals surface area contributed by atoms with Gasteiger partial charge in [-0.3, -0.25) is 0 Å². The molecule has 1 heterocycles. The third-order valence-electron chi connectivity index (χ3n) is 2.64. The van der Waals surface area contributed by atoms with Crippen LogP contribution in [0.15, 0.2) is 24.3 Å². The number of rotatable bonds is 2. The van der Waals surface area contributed by atoms with Crippen LogP contribution in [0, 0.1) is 5.92 Å². The molecule has 0 bridgehead atoms. The van der Waals surface area contributed by atoms with Crippen molar-refractivity contribution >= 4 is 12.4 Å². The summed E-state index contributed by atoms with van der Waals surface area (Å²) in [4.78, 5) is 0. The zero-order chi connectivity index (χ0) is 10.9. The molecule has 16 heavy (non-hydrogen) atoms. The van der Waals surface area contributed by atoms with Crippen LogP contribution < -0.4 is 5.32 Å². The zero-order valence-electron chi connectivity index (χ0n) is 8.55. The predicted octanol–water partition coefficient (Wildman–Crippen LogP) is 2.89. The summed E-state index contributed by atoms with van der Waals surface area (Å²) in [5, 5.41) is 3.10. The third kappa shape index (κ3) is 3.12. The first-order chi connectivity index (χ1) is 7.05. The van der Waals surface area contributed by atoms with Gasteiger partial charge in [0.25, 0.3) is 0 Å². The largest absolute Gasteiger partial charge is 0.416 e. The van der Waals surface area contributed by atoms with Gasteiger partial charge in [-0.05, 0) is 37.1 Å². The van der Waals surface area contributed by atoms with Gasteiger partial charge in [0.05, 0.1) is 5.56 Å². The molecule has 1 aromatic rings. The van der Waals surface area contributed by atoms with Crippen molar-refractivity contribution in [2.75, 3.05) is 13.1 Å². The highest BCUT2D eigenvalue weighted by Crippen LogP contribution is 2.30. The van der Waals surface area contributed by atoms with Gasteiger partial charge >= 0.3 is 6.18 Å². The Morgan fingerprint density at radius 3 is 2.44 bits per heavy atom. The number of hydrogen-bond donors (Lipinski definition) is 1. The highest BCUT2D eigenvalue weighted by atomic mass is 35.5. The average Bonchev–Trinajstić information content (AvgIpc) is 2.11. The predicted molar refractivity (Wildman–Crippen MR) is 58.8 cm³/mol. The molecule has 90 valence electrons. The molecule has 0 amide bonds. The Balaban J connectivity index is 0.00000128. The molecule has 0 aliphatic carbocycles. The molecule has 1 aromatic carbocycles. The zero-order valence-corrected chi connectivity index (χ0v) is 9.37. The van der Waals surface area contributed by atoms with E-state index in [9.17, 15) is 13.2 Å². The fourth-order valence-electron chi connectivity index (χ4n) is 1.70. The van der Waals surface area contributed by atoms with Crippen molar-refractivity contribution in [2.45, 2.75) is 12.6 Å². The van der Waals surface area contributed by atoms with Gasteiger partial charge in [-0.25, -0.2) is 0 Å². The van der Waals surface area contributed by atoms with Crippen molar-refractivity contribution in [2.24, 2.45) is 5.92 Å². The lowest BCUT2D eigenvalue weighted by molar-refractivity contribution is -0.137. The molecule has 5 heteroatoms. The van der Waals surface area contributed by atoms with Crippen LogP contribution >= 0.6 is 12.4 Å². The molecule has 1 N–H and O–H groups in total. The van der Waals surface area contributed by atoms with E-state index in [1.54, 1.807) is 6.07 Å². The summed E-state index contributed by atoms with van der Waals surface area (Å²) >= 11 is 0. The Hall–Kier alpha value is -0.740. The van der Waals surface area contributed by atoms with Gasteiger partial charge in [0.2, 0.25) is 0 Å². The van der Waals surface area contributed by atoms with Gasteiger partial charge in [-0.15, -0.1) is 12.4 Å². The minimum absolute atomic E-state index is 0. The molecule has 1 fully saturated rings. The average molecular weight is 252 g/mol. The van der Waals surface area contributed by atoms with Gasteiger partial charge in [0.1, 0.15) is 0 Å². The third-order valence-corrected chi connectivity index (χ3v) is 2.64. The molecule has 1 aliphatic heterocycles. The number of hydrogen-bond acceptors (Lipinski definition) is 1. The Morgan fingerprint density at radius 2 is 1.94 bits per heavy atom. The first-order valence-electron chi connectivity index (χ1n) is 4.92. The number of benzene rings is 1. The van der Waals surface area contributed by atoms with Crippen LogP contribution in [0.25, 0.3) is 0 Å². The Labute approximate surface area is 98.4 Å². The summed E-state index contributed by atoms with van der Waals surface area (Å²) < 4.78 is 37.2. The lowest BCUT2D eigenvalue weighted by Crippen LogP contribution is -2.43. The van der Waals surface area contributed by atoms with Crippen LogP contribution in [0.5, 0.6) is 0 Å². The maximum Gasteiger partial charge on any atom is 0.416 e. The number of alkyl halides is 3.